The summed E-state index contributed by atoms with van der Waals surface area (Å²) >= 11 is 0. The Morgan fingerprint density at radius 1 is 1.19 bits per heavy atom. The molecular formula is C15H21N5O. The lowest BCUT2D eigenvalue weighted by Gasteiger charge is -2.14. The van der Waals surface area contributed by atoms with E-state index in [-0.39, 0.29) is 0 Å². The number of benzene rings is 1. The number of hydrazine groups is 1. The van der Waals surface area contributed by atoms with Crippen molar-refractivity contribution in [1.82, 2.24) is 9.97 Å². The van der Waals surface area contributed by atoms with Crippen LogP contribution in [-0.2, 0) is 6.42 Å². The van der Waals surface area contributed by atoms with Crippen LogP contribution >= 0.6 is 0 Å². The SMILES string of the molecule is CCOc1cccc(Nc2nc(CC)nc(NN)c2C)c1. The lowest BCUT2D eigenvalue weighted by atomic mass is 10.2. The Morgan fingerprint density at radius 2 is 1.95 bits per heavy atom. The molecule has 0 spiro atoms. The highest BCUT2D eigenvalue weighted by molar-refractivity contribution is 5.65. The molecule has 112 valence electrons. The fourth-order valence-electron chi connectivity index (χ4n) is 1.95. The molecule has 0 aliphatic carbocycles. The number of aromatic nitrogens is 2. The quantitative estimate of drug-likeness (QED) is 0.559. The zero-order valence-corrected chi connectivity index (χ0v) is 12.6. The molecule has 0 aliphatic rings. The van der Waals surface area contributed by atoms with Crippen LogP contribution in [0.1, 0.15) is 25.2 Å². The van der Waals surface area contributed by atoms with Crippen LogP contribution in [0.5, 0.6) is 5.75 Å². The van der Waals surface area contributed by atoms with Gasteiger partial charge in [0, 0.05) is 23.7 Å². The number of ether oxygens (including phenoxy) is 1. The third-order valence-electron chi connectivity index (χ3n) is 3.05. The second-order valence-electron chi connectivity index (χ2n) is 4.55. The minimum absolute atomic E-state index is 0.630. The van der Waals surface area contributed by atoms with Crippen LogP contribution in [-0.4, -0.2) is 16.6 Å². The van der Waals surface area contributed by atoms with Gasteiger partial charge in [0.2, 0.25) is 0 Å². The molecule has 4 N–H and O–H groups in total. The van der Waals surface area contributed by atoms with Gasteiger partial charge >= 0.3 is 0 Å². The molecule has 1 aromatic heterocycles. The maximum absolute atomic E-state index is 5.51. The molecular weight excluding hydrogens is 266 g/mol. The number of aryl methyl sites for hydroxylation is 1. The highest BCUT2D eigenvalue weighted by atomic mass is 16.5. The minimum atomic E-state index is 0.630. The normalized spacial score (nSPS) is 10.3. The second kappa shape index (κ2) is 6.90. The van der Waals surface area contributed by atoms with E-state index in [1.54, 1.807) is 0 Å². The Kier molecular flexibility index (Phi) is 4.94. The second-order valence-corrected chi connectivity index (χ2v) is 4.55. The summed E-state index contributed by atoms with van der Waals surface area (Å²) in [5.74, 6) is 8.44. The fourth-order valence-corrected chi connectivity index (χ4v) is 1.95. The molecule has 2 aromatic rings. The van der Waals surface area contributed by atoms with Crippen molar-refractivity contribution in [3.8, 4) is 5.75 Å². The van der Waals surface area contributed by atoms with E-state index >= 15 is 0 Å². The molecule has 1 heterocycles. The number of nitrogens with zero attached hydrogens (tertiary/aromatic N) is 2. The number of hydrogen-bond donors (Lipinski definition) is 3. The Labute approximate surface area is 124 Å². The molecule has 6 heteroatoms. The molecule has 2 rings (SSSR count). The molecule has 0 bridgehead atoms. The number of nitrogens with one attached hydrogen (secondary N) is 2. The van der Waals surface area contributed by atoms with Crippen molar-refractivity contribution in [1.29, 1.82) is 0 Å². The molecule has 21 heavy (non-hydrogen) atoms. The highest BCUT2D eigenvalue weighted by Crippen LogP contribution is 2.25. The van der Waals surface area contributed by atoms with Crippen LogP contribution in [0, 0.1) is 6.92 Å². The van der Waals surface area contributed by atoms with E-state index in [9.17, 15) is 0 Å². The Hall–Kier alpha value is -2.34. The van der Waals surface area contributed by atoms with E-state index in [0.29, 0.717) is 12.4 Å². The van der Waals surface area contributed by atoms with Crippen molar-refractivity contribution in [2.75, 3.05) is 17.3 Å². The molecule has 0 radical (unpaired) electrons. The summed E-state index contributed by atoms with van der Waals surface area (Å²) in [5.41, 5.74) is 4.39. The average molecular weight is 287 g/mol. The maximum Gasteiger partial charge on any atom is 0.148 e. The smallest absolute Gasteiger partial charge is 0.148 e. The van der Waals surface area contributed by atoms with E-state index in [0.717, 1.165) is 35.1 Å². The third kappa shape index (κ3) is 3.61. The van der Waals surface area contributed by atoms with Crippen LogP contribution in [0.4, 0.5) is 17.3 Å². The van der Waals surface area contributed by atoms with Crippen molar-refractivity contribution in [3.05, 3.63) is 35.7 Å². The molecule has 0 fully saturated rings. The first-order chi connectivity index (χ1) is 10.2. The van der Waals surface area contributed by atoms with Crippen LogP contribution in [0.25, 0.3) is 0 Å². The Bertz CT molecular complexity index is 615. The minimum Gasteiger partial charge on any atom is -0.494 e. The number of nitrogen functional groups attached to an aromatic ring is 1. The summed E-state index contributed by atoms with van der Waals surface area (Å²) in [4.78, 5) is 8.86. The van der Waals surface area contributed by atoms with E-state index < -0.39 is 0 Å². The average Bonchev–Trinajstić information content (AvgIpc) is 2.50. The zero-order chi connectivity index (χ0) is 15.2. The zero-order valence-electron chi connectivity index (χ0n) is 12.6. The van der Waals surface area contributed by atoms with Gasteiger partial charge in [-0.3, -0.25) is 0 Å². The van der Waals surface area contributed by atoms with Crippen molar-refractivity contribution in [2.45, 2.75) is 27.2 Å². The van der Waals surface area contributed by atoms with Gasteiger partial charge in [0.05, 0.1) is 6.61 Å². The van der Waals surface area contributed by atoms with Crippen molar-refractivity contribution in [3.63, 3.8) is 0 Å². The van der Waals surface area contributed by atoms with Crippen LogP contribution in [0.2, 0.25) is 0 Å². The standard InChI is InChI=1S/C15H21N5O/c1-4-13-18-14(10(3)15(19-13)20-16)17-11-7-6-8-12(9-11)21-5-2/h6-9H,4-5,16H2,1-3H3,(H2,17,18,19,20). The summed E-state index contributed by atoms with van der Waals surface area (Å²) in [6, 6.07) is 7.76. The summed E-state index contributed by atoms with van der Waals surface area (Å²) in [6.45, 7) is 6.52. The third-order valence-corrected chi connectivity index (χ3v) is 3.05. The molecule has 0 aliphatic heterocycles. The first kappa shape index (κ1) is 15.1. The van der Waals surface area contributed by atoms with Gasteiger partial charge in [-0.05, 0) is 26.0 Å². The van der Waals surface area contributed by atoms with Gasteiger partial charge in [0.25, 0.3) is 0 Å². The topological polar surface area (TPSA) is 85.1 Å². The molecule has 0 unspecified atom stereocenters. The lowest BCUT2D eigenvalue weighted by Crippen LogP contribution is -2.13. The van der Waals surface area contributed by atoms with E-state index in [2.05, 4.69) is 20.7 Å². The largest absolute Gasteiger partial charge is 0.494 e. The van der Waals surface area contributed by atoms with Crippen molar-refractivity contribution in [2.24, 2.45) is 5.84 Å². The predicted molar refractivity (Wildman–Crippen MR) is 84.9 cm³/mol. The van der Waals surface area contributed by atoms with Crippen LogP contribution in [0.3, 0.4) is 0 Å². The van der Waals surface area contributed by atoms with Crippen LogP contribution in [0.15, 0.2) is 24.3 Å². The fraction of sp³-hybridized carbons (Fsp3) is 0.333. The predicted octanol–water partition coefficient (Wildman–Crippen LogP) is 2.78. The number of hydrogen-bond acceptors (Lipinski definition) is 6. The van der Waals surface area contributed by atoms with Gasteiger partial charge < -0.3 is 15.5 Å². The van der Waals surface area contributed by atoms with Crippen molar-refractivity contribution >= 4 is 17.3 Å². The summed E-state index contributed by atoms with van der Waals surface area (Å²) < 4.78 is 5.50. The number of anilines is 3. The van der Waals surface area contributed by atoms with Gasteiger partial charge in [-0.15, -0.1) is 0 Å². The molecule has 1 aromatic carbocycles. The number of nitrogens with two attached hydrogens (primary N) is 1. The lowest BCUT2D eigenvalue weighted by molar-refractivity contribution is 0.340. The van der Waals surface area contributed by atoms with Gasteiger partial charge in [-0.2, -0.15) is 0 Å². The molecule has 0 saturated carbocycles. The van der Waals surface area contributed by atoms with Crippen molar-refractivity contribution < 1.29 is 4.74 Å². The molecule has 0 atom stereocenters. The van der Waals surface area contributed by atoms with E-state index in [4.69, 9.17) is 10.6 Å². The highest BCUT2D eigenvalue weighted by Gasteiger charge is 2.10. The van der Waals surface area contributed by atoms with Gasteiger partial charge in [0.1, 0.15) is 23.2 Å². The monoisotopic (exact) mass is 287 g/mol. The van der Waals surface area contributed by atoms with Gasteiger partial charge in [-0.25, -0.2) is 15.8 Å². The van der Waals surface area contributed by atoms with Gasteiger partial charge in [-0.1, -0.05) is 13.0 Å². The maximum atomic E-state index is 5.51. The van der Waals surface area contributed by atoms with Crippen LogP contribution < -0.4 is 21.3 Å². The molecule has 0 saturated heterocycles. The summed E-state index contributed by atoms with van der Waals surface area (Å²) in [6.07, 6.45) is 0.739. The number of rotatable bonds is 6. The Morgan fingerprint density at radius 3 is 2.62 bits per heavy atom. The summed E-state index contributed by atoms with van der Waals surface area (Å²) in [7, 11) is 0. The van der Waals surface area contributed by atoms with E-state index in [1.807, 2.05) is 45.0 Å². The first-order valence-corrected chi connectivity index (χ1v) is 7.02. The van der Waals surface area contributed by atoms with E-state index in [1.165, 1.54) is 0 Å². The Balaban J connectivity index is 2.32. The first-order valence-electron chi connectivity index (χ1n) is 7.02. The molecule has 6 nitrogen and oxygen atoms in total. The van der Waals surface area contributed by atoms with Gasteiger partial charge in [0.15, 0.2) is 0 Å². The molecule has 0 amide bonds. The summed E-state index contributed by atoms with van der Waals surface area (Å²) in [5, 5.41) is 3.29.